The van der Waals surface area contributed by atoms with Gasteiger partial charge in [0.1, 0.15) is 5.65 Å². The molecule has 9 heteroatoms. The van der Waals surface area contributed by atoms with Crippen molar-refractivity contribution in [1.29, 1.82) is 0 Å². The molecule has 1 aromatic carbocycles. The minimum atomic E-state index is -0.0794. The normalized spacial score (nSPS) is 18.8. The SMILES string of the molecule is Cc1cccc(-c2ccc(-c3cc4cnc(N[C@H]5CCOC5)nc4n(C4CCN(C)CC4)c3=O)c(Cl)c2)n1. The Labute approximate surface area is 226 Å². The van der Waals surface area contributed by atoms with Gasteiger partial charge in [-0.3, -0.25) is 14.3 Å². The van der Waals surface area contributed by atoms with Gasteiger partial charge in [0.05, 0.1) is 18.3 Å². The van der Waals surface area contributed by atoms with Crippen molar-refractivity contribution in [1.82, 2.24) is 24.4 Å². The quantitative estimate of drug-likeness (QED) is 0.391. The number of fused-ring (bicyclic) bond motifs is 1. The molecule has 0 radical (unpaired) electrons. The zero-order valence-electron chi connectivity index (χ0n) is 21.7. The number of likely N-dealkylation sites (tertiary alicyclic amines) is 1. The summed E-state index contributed by atoms with van der Waals surface area (Å²) in [7, 11) is 2.12. The third-order valence-electron chi connectivity index (χ3n) is 7.53. The standard InChI is InChI=1S/C29H31ClN6O2/c1-18-4-3-5-26(32-18)19-6-7-23(25(30)15-19)24-14-20-16-31-29(33-21-10-13-38-17-21)34-27(20)36(28(24)37)22-8-11-35(2)12-9-22/h3-7,14-16,21-22H,8-13,17H2,1-2H3,(H,31,33,34)/t21-/m0/s1. The molecule has 196 valence electrons. The first-order valence-electron chi connectivity index (χ1n) is 13.2. The minimum Gasteiger partial charge on any atom is -0.379 e. The van der Waals surface area contributed by atoms with E-state index < -0.39 is 0 Å². The molecular weight excluding hydrogens is 500 g/mol. The summed E-state index contributed by atoms with van der Waals surface area (Å²) < 4.78 is 7.37. The van der Waals surface area contributed by atoms with Crippen molar-refractivity contribution in [3.8, 4) is 22.4 Å². The highest BCUT2D eigenvalue weighted by molar-refractivity contribution is 6.33. The summed E-state index contributed by atoms with van der Waals surface area (Å²) in [4.78, 5) is 30.5. The summed E-state index contributed by atoms with van der Waals surface area (Å²) in [5, 5.41) is 4.70. The van der Waals surface area contributed by atoms with E-state index in [1.807, 2.05) is 54.0 Å². The number of hydrogen-bond donors (Lipinski definition) is 1. The Morgan fingerprint density at radius 3 is 2.63 bits per heavy atom. The summed E-state index contributed by atoms with van der Waals surface area (Å²) in [6.07, 6.45) is 4.47. The van der Waals surface area contributed by atoms with Gasteiger partial charge in [-0.15, -0.1) is 0 Å². The Bertz CT molecular complexity index is 1540. The molecule has 2 aliphatic heterocycles. The highest BCUT2D eigenvalue weighted by atomic mass is 35.5. The summed E-state index contributed by atoms with van der Waals surface area (Å²) in [5.74, 6) is 0.523. The molecule has 2 saturated heterocycles. The predicted molar refractivity (Wildman–Crippen MR) is 151 cm³/mol. The predicted octanol–water partition coefficient (Wildman–Crippen LogP) is 4.95. The van der Waals surface area contributed by atoms with Crippen molar-refractivity contribution in [2.75, 3.05) is 38.7 Å². The molecule has 3 aromatic heterocycles. The number of rotatable bonds is 5. The molecule has 1 atom stereocenters. The minimum absolute atomic E-state index is 0.0493. The number of halogens is 1. The zero-order chi connectivity index (χ0) is 26.2. The van der Waals surface area contributed by atoms with E-state index in [9.17, 15) is 4.79 Å². The van der Waals surface area contributed by atoms with Gasteiger partial charge in [-0.05, 0) is 70.6 Å². The lowest BCUT2D eigenvalue weighted by molar-refractivity contribution is 0.195. The number of ether oxygens (including phenoxy) is 1. The average molecular weight is 531 g/mol. The van der Waals surface area contributed by atoms with E-state index in [0.717, 1.165) is 61.3 Å². The van der Waals surface area contributed by atoms with Crippen molar-refractivity contribution in [2.24, 2.45) is 0 Å². The molecule has 5 heterocycles. The second kappa shape index (κ2) is 10.4. The molecule has 0 aliphatic carbocycles. The van der Waals surface area contributed by atoms with Crippen LogP contribution in [0.3, 0.4) is 0 Å². The number of nitrogens with one attached hydrogen (secondary N) is 1. The van der Waals surface area contributed by atoms with Gasteiger partial charge in [0.15, 0.2) is 0 Å². The van der Waals surface area contributed by atoms with Crippen molar-refractivity contribution in [3.63, 3.8) is 0 Å². The lowest BCUT2D eigenvalue weighted by Crippen LogP contribution is -2.36. The topological polar surface area (TPSA) is 85.2 Å². The Kier molecular flexibility index (Phi) is 6.86. The fraction of sp³-hybridized carbons (Fsp3) is 0.379. The molecule has 2 aliphatic rings. The molecule has 0 unspecified atom stereocenters. The Morgan fingerprint density at radius 1 is 1.05 bits per heavy atom. The highest BCUT2D eigenvalue weighted by Gasteiger charge is 2.25. The van der Waals surface area contributed by atoms with Crippen LogP contribution < -0.4 is 10.9 Å². The number of aryl methyl sites for hydroxylation is 1. The van der Waals surface area contributed by atoms with E-state index in [2.05, 4.69) is 27.2 Å². The van der Waals surface area contributed by atoms with E-state index in [-0.39, 0.29) is 17.6 Å². The monoisotopic (exact) mass is 530 g/mol. The molecule has 0 bridgehead atoms. The van der Waals surface area contributed by atoms with Crippen LogP contribution in [-0.2, 0) is 4.74 Å². The van der Waals surface area contributed by atoms with Crippen LogP contribution >= 0.6 is 11.6 Å². The number of piperidine rings is 1. The second-order valence-electron chi connectivity index (χ2n) is 10.3. The maximum Gasteiger partial charge on any atom is 0.260 e. The van der Waals surface area contributed by atoms with Crippen molar-refractivity contribution >= 4 is 28.6 Å². The van der Waals surface area contributed by atoms with Crippen molar-refractivity contribution < 1.29 is 4.74 Å². The molecule has 6 rings (SSSR count). The van der Waals surface area contributed by atoms with Crippen LogP contribution in [-0.4, -0.2) is 63.8 Å². The van der Waals surface area contributed by atoms with Crippen LogP contribution in [0.5, 0.6) is 0 Å². The largest absolute Gasteiger partial charge is 0.379 e. The molecule has 1 N–H and O–H groups in total. The fourth-order valence-electron chi connectivity index (χ4n) is 5.40. The number of benzene rings is 1. The number of hydrogen-bond acceptors (Lipinski definition) is 7. The molecule has 0 amide bonds. The van der Waals surface area contributed by atoms with Crippen LogP contribution in [0.25, 0.3) is 33.4 Å². The van der Waals surface area contributed by atoms with Gasteiger partial charge >= 0.3 is 0 Å². The Hall–Kier alpha value is -3.33. The number of anilines is 1. The van der Waals surface area contributed by atoms with Crippen LogP contribution in [0.2, 0.25) is 5.02 Å². The van der Waals surface area contributed by atoms with Crippen LogP contribution in [0.1, 0.15) is 31.0 Å². The number of nitrogens with zero attached hydrogens (tertiary/aromatic N) is 5. The van der Waals surface area contributed by atoms with Gasteiger partial charge in [0.2, 0.25) is 5.95 Å². The molecule has 4 aromatic rings. The van der Waals surface area contributed by atoms with Gasteiger partial charge in [0.25, 0.3) is 5.56 Å². The molecule has 0 saturated carbocycles. The summed E-state index contributed by atoms with van der Waals surface area (Å²) in [5.41, 5.74) is 4.52. The van der Waals surface area contributed by atoms with Gasteiger partial charge in [-0.25, -0.2) is 4.98 Å². The van der Waals surface area contributed by atoms with Gasteiger partial charge in [-0.1, -0.05) is 29.8 Å². The summed E-state index contributed by atoms with van der Waals surface area (Å²) >= 11 is 6.82. The molecule has 2 fully saturated rings. The second-order valence-corrected chi connectivity index (χ2v) is 10.7. The first kappa shape index (κ1) is 25.0. The van der Waals surface area contributed by atoms with E-state index in [4.69, 9.17) is 21.3 Å². The first-order chi connectivity index (χ1) is 18.5. The first-order valence-corrected chi connectivity index (χ1v) is 13.5. The fourth-order valence-corrected chi connectivity index (χ4v) is 5.68. The van der Waals surface area contributed by atoms with Gasteiger partial charge in [-0.2, -0.15) is 4.98 Å². The van der Waals surface area contributed by atoms with E-state index in [1.54, 1.807) is 6.20 Å². The Balaban J connectivity index is 1.46. The molecule has 0 spiro atoms. The van der Waals surface area contributed by atoms with Crippen molar-refractivity contribution in [3.05, 3.63) is 69.7 Å². The molecule has 38 heavy (non-hydrogen) atoms. The van der Waals surface area contributed by atoms with Crippen LogP contribution in [0, 0.1) is 6.92 Å². The third kappa shape index (κ3) is 4.91. The van der Waals surface area contributed by atoms with Gasteiger partial charge < -0.3 is 15.0 Å². The average Bonchev–Trinajstić information content (AvgIpc) is 3.42. The maximum atomic E-state index is 14.1. The smallest absolute Gasteiger partial charge is 0.260 e. The van der Waals surface area contributed by atoms with Crippen LogP contribution in [0.4, 0.5) is 5.95 Å². The lowest BCUT2D eigenvalue weighted by atomic mass is 10.0. The maximum absolute atomic E-state index is 14.1. The number of pyridine rings is 2. The molecular formula is C29H31ClN6O2. The zero-order valence-corrected chi connectivity index (χ0v) is 22.4. The van der Waals surface area contributed by atoms with Crippen LogP contribution in [0.15, 0.2) is 53.5 Å². The van der Waals surface area contributed by atoms with E-state index in [0.29, 0.717) is 34.4 Å². The highest BCUT2D eigenvalue weighted by Crippen LogP contribution is 2.33. The van der Waals surface area contributed by atoms with Gasteiger partial charge in [0, 0.05) is 51.6 Å². The van der Waals surface area contributed by atoms with Crippen molar-refractivity contribution in [2.45, 2.75) is 38.3 Å². The molecule has 8 nitrogen and oxygen atoms in total. The van der Waals surface area contributed by atoms with E-state index in [1.165, 1.54) is 0 Å². The summed E-state index contributed by atoms with van der Waals surface area (Å²) in [6.45, 7) is 5.18. The lowest BCUT2D eigenvalue weighted by Gasteiger charge is -2.31. The number of aromatic nitrogens is 4. The Morgan fingerprint density at radius 2 is 1.89 bits per heavy atom. The third-order valence-corrected chi connectivity index (χ3v) is 7.85. The van der Waals surface area contributed by atoms with E-state index >= 15 is 0 Å². The summed E-state index contributed by atoms with van der Waals surface area (Å²) in [6, 6.07) is 13.8.